The first kappa shape index (κ1) is 26.3. The van der Waals surface area contributed by atoms with Gasteiger partial charge >= 0.3 is 11.9 Å². The van der Waals surface area contributed by atoms with E-state index in [-0.39, 0.29) is 11.9 Å². The van der Waals surface area contributed by atoms with E-state index in [2.05, 4.69) is 36.8 Å². The van der Waals surface area contributed by atoms with Crippen LogP contribution in [0.1, 0.15) is 39.5 Å². The quantitative estimate of drug-likeness (QED) is 0.225. The van der Waals surface area contributed by atoms with Crippen molar-refractivity contribution in [1.82, 2.24) is 10.6 Å². The highest BCUT2D eigenvalue weighted by Gasteiger charge is 2.32. The SMILES string of the molecule is CCCOC(=O)CCNC[Si](C)(C)O[Si](C)(C)CNCCC(=O)OCCC. The Balaban J connectivity index is 4.00. The van der Waals surface area contributed by atoms with Crippen LogP contribution in [0.2, 0.25) is 26.2 Å². The van der Waals surface area contributed by atoms with Crippen LogP contribution in [-0.2, 0) is 23.2 Å². The number of hydrogen-bond acceptors (Lipinski definition) is 7. The molecule has 0 atom stereocenters. The summed E-state index contributed by atoms with van der Waals surface area (Å²) in [6.07, 6.45) is 4.07. The number of carbonyl (C=O) groups is 2. The molecular formula is C18H40N2O5Si2. The van der Waals surface area contributed by atoms with E-state index in [1.807, 2.05) is 13.8 Å². The molecule has 160 valence electrons. The maximum Gasteiger partial charge on any atom is 0.307 e. The van der Waals surface area contributed by atoms with Gasteiger partial charge in [0.25, 0.3) is 0 Å². The van der Waals surface area contributed by atoms with Crippen LogP contribution in [0.5, 0.6) is 0 Å². The highest BCUT2D eigenvalue weighted by atomic mass is 28.4. The summed E-state index contributed by atoms with van der Waals surface area (Å²) in [4.78, 5) is 23.0. The molecule has 0 aromatic rings. The fourth-order valence-electron chi connectivity index (χ4n) is 2.56. The number of esters is 2. The highest BCUT2D eigenvalue weighted by Crippen LogP contribution is 2.13. The average Bonchev–Trinajstić information content (AvgIpc) is 2.58. The van der Waals surface area contributed by atoms with Gasteiger partial charge in [0.2, 0.25) is 0 Å². The van der Waals surface area contributed by atoms with Crippen LogP contribution in [0.25, 0.3) is 0 Å². The van der Waals surface area contributed by atoms with E-state index in [9.17, 15) is 9.59 Å². The third-order valence-corrected chi connectivity index (χ3v) is 10.2. The molecule has 7 nitrogen and oxygen atoms in total. The minimum Gasteiger partial charge on any atom is -0.466 e. The van der Waals surface area contributed by atoms with Crippen molar-refractivity contribution < 1.29 is 23.2 Å². The lowest BCUT2D eigenvalue weighted by Gasteiger charge is -2.34. The third-order valence-electron chi connectivity index (χ3n) is 3.60. The summed E-state index contributed by atoms with van der Waals surface area (Å²) in [5.74, 6) is -0.304. The topological polar surface area (TPSA) is 85.9 Å². The van der Waals surface area contributed by atoms with Gasteiger partial charge in [-0.1, -0.05) is 13.8 Å². The van der Waals surface area contributed by atoms with Crippen LogP contribution in [0.4, 0.5) is 0 Å². The number of carbonyl (C=O) groups excluding carboxylic acids is 2. The third kappa shape index (κ3) is 16.0. The molecular weight excluding hydrogens is 380 g/mol. The van der Waals surface area contributed by atoms with Crippen LogP contribution in [0, 0.1) is 0 Å². The molecule has 0 aliphatic carbocycles. The molecule has 27 heavy (non-hydrogen) atoms. The van der Waals surface area contributed by atoms with E-state index in [0.717, 1.165) is 25.2 Å². The Morgan fingerprint density at radius 2 is 1.11 bits per heavy atom. The lowest BCUT2D eigenvalue weighted by atomic mass is 10.4. The molecule has 9 heteroatoms. The van der Waals surface area contributed by atoms with E-state index in [1.165, 1.54) is 0 Å². The first-order chi connectivity index (χ1) is 12.6. The smallest absolute Gasteiger partial charge is 0.307 e. The largest absolute Gasteiger partial charge is 0.466 e. The molecule has 0 spiro atoms. The Morgan fingerprint density at radius 1 is 0.741 bits per heavy atom. The Morgan fingerprint density at radius 3 is 1.44 bits per heavy atom. The van der Waals surface area contributed by atoms with Crippen molar-refractivity contribution in [3.63, 3.8) is 0 Å². The Bertz CT molecular complexity index is 396. The summed E-state index contributed by atoms with van der Waals surface area (Å²) in [6, 6.07) is 0. The molecule has 0 aliphatic heterocycles. The lowest BCUT2D eigenvalue weighted by molar-refractivity contribution is -0.144. The van der Waals surface area contributed by atoms with E-state index < -0.39 is 16.6 Å². The minimum absolute atomic E-state index is 0.152. The lowest BCUT2D eigenvalue weighted by Crippen LogP contribution is -2.55. The van der Waals surface area contributed by atoms with Gasteiger partial charge in [0, 0.05) is 25.4 Å². The number of nitrogens with one attached hydrogen (secondary N) is 2. The molecule has 0 aromatic carbocycles. The zero-order valence-corrected chi connectivity index (χ0v) is 20.1. The number of ether oxygens (including phenoxy) is 2. The Hall–Kier alpha value is -0.746. The summed E-state index contributed by atoms with van der Waals surface area (Å²) in [5.41, 5.74) is 0. The fraction of sp³-hybridized carbons (Fsp3) is 0.889. The standard InChI is InChI=1S/C18H40N2O5Si2/c1-7-13-23-17(21)9-11-19-15-26(3,4)25-27(5,6)16-20-12-10-18(22)24-14-8-2/h19-20H,7-16H2,1-6H3. The monoisotopic (exact) mass is 420 g/mol. The first-order valence-corrected chi connectivity index (χ1v) is 16.3. The van der Waals surface area contributed by atoms with Gasteiger partial charge in [-0.2, -0.15) is 0 Å². The summed E-state index contributed by atoms with van der Waals surface area (Å²) in [5, 5.41) is 6.67. The Kier molecular flexibility index (Phi) is 13.9. The van der Waals surface area contributed by atoms with Crippen LogP contribution in [0.15, 0.2) is 0 Å². The Labute approximate surface area is 167 Å². The summed E-state index contributed by atoms with van der Waals surface area (Å²) in [6.45, 7) is 14.9. The predicted octanol–water partition coefficient (Wildman–Crippen LogP) is 2.36. The second-order valence-electron chi connectivity index (χ2n) is 7.92. The second kappa shape index (κ2) is 14.3. The van der Waals surface area contributed by atoms with Crippen LogP contribution in [-0.4, -0.2) is 67.2 Å². The molecule has 0 unspecified atom stereocenters. The molecule has 0 saturated heterocycles. The zero-order chi connectivity index (χ0) is 20.8. The van der Waals surface area contributed by atoms with Crippen molar-refractivity contribution in [2.75, 3.05) is 38.6 Å². The van der Waals surface area contributed by atoms with Crippen molar-refractivity contribution in [2.24, 2.45) is 0 Å². The van der Waals surface area contributed by atoms with E-state index in [0.29, 0.717) is 39.1 Å². The van der Waals surface area contributed by atoms with Crippen LogP contribution >= 0.6 is 0 Å². The van der Waals surface area contributed by atoms with Gasteiger partial charge in [0.1, 0.15) is 0 Å². The highest BCUT2D eigenvalue weighted by molar-refractivity contribution is 6.85. The van der Waals surface area contributed by atoms with Crippen LogP contribution < -0.4 is 10.6 Å². The van der Waals surface area contributed by atoms with E-state index >= 15 is 0 Å². The molecule has 0 aromatic heterocycles. The second-order valence-corrected chi connectivity index (χ2v) is 16.5. The van der Waals surface area contributed by atoms with Gasteiger partial charge in [-0.05, 0) is 39.0 Å². The van der Waals surface area contributed by atoms with Gasteiger partial charge in [0.15, 0.2) is 16.6 Å². The zero-order valence-electron chi connectivity index (χ0n) is 18.1. The van der Waals surface area contributed by atoms with Gasteiger partial charge < -0.3 is 24.2 Å². The molecule has 0 fully saturated rings. The number of rotatable bonds is 16. The van der Waals surface area contributed by atoms with Crippen molar-refractivity contribution >= 4 is 28.6 Å². The van der Waals surface area contributed by atoms with Gasteiger partial charge in [-0.25, -0.2) is 0 Å². The fourth-order valence-corrected chi connectivity index (χ4v) is 10.7. The number of hydrogen-bond donors (Lipinski definition) is 2. The minimum atomic E-state index is -1.87. The van der Waals surface area contributed by atoms with E-state index in [1.54, 1.807) is 0 Å². The van der Waals surface area contributed by atoms with Gasteiger partial charge in [-0.3, -0.25) is 9.59 Å². The van der Waals surface area contributed by atoms with Gasteiger partial charge in [-0.15, -0.1) is 0 Å². The molecule has 0 bridgehead atoms. The van der Waals surface area contributed by atoms with Gasteiger partial charge in [0.05, 0.1) is 26.1 Å². The predicted molar refractivity (Wildman–Crippen MR) is 114 cm³/mol. The summed E-state index contributed by atoms with van der Waals surface area (Å²) < 4.78 is 16.6. The van der Waals surface area contributed by atoms with Crippen LogP contribution in [0.3, 0.4) is 0 Å². The molecule has 0 saturated carbocycles. The molecule has 0 aliphatic rings. The van der Waals surface area contributed by atoms with Crippen molar-refractivity contribution in [3.05, 3.63) is 0 Å². The average molecular weight is 421 g/mol. The molecule has 0 rings (SSSR count). The summed E-state index contributed by atoms with van der Waals surface area (Å²) in [7, 11) is -3.74. The molecule has 2 N–H and O–H groups in total. The maximum atomic E-state index is 11.5. The molecule has 0 radical (unpaired) electrons. The molecule has 0 amide bonds. The van der Waals surface area contributed by atoms with Crippen molar-refractivity contribution in [3.8, 4) is 0 Å². The first-order valence-electron chi connectivity index (χ1n) is 10.0. The maximum absolute atomic E-state index is 11.5. The summed E-state index contributed by atoms with van der Waals surface area (Å²) >= 11 is 0. The van der Waals surface area contributed by atoms with E-state index in [4.69, 9.17) is 13.6 Å². The normalized spacial score (nSPS) is 12.1. The molecule has 0 heterocycles. The van der Waals surface area contributed by atoms with Crippen molar-refractivity contribution in [1.29, 1.82) is 0 Å². The van der Waals surface area contributed by atoms with Crippen molar-refractivity contribution in [2.45, 2.75) is 65.7 Å².